The van der Waals surface area contributed by atoms with Crippen molar-refractivity contribution in [3.05, 3.63) is 34.1 Å². The van der Waals surface area contributed by atoms with Gasteiger partial charge in [-0.2, -0.15) is 0 Å². The number of nitro benzene ring substituents is 1. The second kappa shape index (κ2) is 6.65. The van der Waals surface area contributed by atoms with E-state index in [1.165, 1.54) is 0 Å². The van der Waals surface area contributed by atoms with Crippen molar-refractivity contribution in [3.8, 4) is 0 Å². The van der Waals surface area contributed by atoms with Crippen LogP contribution in [0.5, 0.6) is 0 Å². The van der Waals surface area contributed by atoms with Gasteiger partial charge < -0.3 is 5.73 Å². The zero-order chi connectivity index (χ0) is 14.9. The zero-order valence-corrected chi connectivity index (χ0v) is 12.5. The van der Waals surface area contributed by atoms with Gasteiger partial charge in [-0.15, -0.1) is 12.4 Å². The maximum atomic E-state index is 13.6. The molecule has 3 N–H and O–H groups in total. The van der Waals surface area contributed by atoms with Crippen LogP contribution < -0.4 is 10.5 Å². The first-order chi connectivity index (χ1) is 9.33. The van der Waals surface area contributed by atoms with Crippen molar-refractivity contribution in [2.75, 3.05) is 6.54 Å². The van der Waals surface area contributed by atoms with E-state index in [1.807, 2.05) is 0 Å². The summed E-state index contributed by atoms with van der Waals surface area (Å²) in [5, 5.41) is 10.8. The Labute approximate surface area is 127 Å². The van der Waals surface area contributed by atoms with Crippen LogP contribution in [0.15, 0.2) is 23.1 Å². The van der Waals surface area contributed by atoms with Crippen LogP contribution in [0.1, 0.15) is 12.8 Å². The van der Waals surface area contributed by atoms with E-state index < -0.39 is 31.3 Å². The van der Waals surface area contributed by atoms with E-state index in [4.69, 9.17) is 5.73 Å². The van der Waals surface area contributed by atoms with Gasteiger partial charge in [0.1, 0.15) is 5.82 Å². The first-order valence-electron chi connectivity index (χ1n) is 6.01. The van der Waals surface area contributed by atoms with E-state index in [-0.39, 0.29) is 30.9 Å². The predicted molar refractivity (Wildman–Crippen MR) is 76.2 cm³/mol. The third kappa shape index (κ3) is 4.10. The summed E-state index contributed by atoms with van der Waals surface area (Å²) in [6.45, 7) is -0.0709. The smallest absolute Gasteiger partial charge is 0.292 e. The van der Waals surface area contributed by atoms with Gasteiger partial charge in [0.25, 0.3) is 5.69 Å². The van der Waals surface area contributed by atoms with E-state index in [2.05, 4.69) is 4.72 Å². The molecular formula is C11H15ClFN3O4S. The number of hydrogen-bond donors (Lipinski definition) is 2. The van der Waals surface area contributed by atoms with Gasteiger partial charge in [-0.3, -0.25) is 10.1 Å². The minimum absolute atomic E-state index is 0. The molecule has 1 atom stereocenters. The van der Waals surface area contributed by atoms with Crippen LogP contribution in [0, 0.1) is 21.8 Å². The molecule has 1 saturated carbocycles. The Kier molecular flexibility index (Phi) is 5.62. The lowest BCUT2D eigenvalue weighted by atomic mass is 10.2. The average molecular weight is 340 g/mol. The van der Waals surface area contributed by atoms with Crippen LogP contribution in [-0.4, -0.2) is 25.9 Å². The van der Waals surface area contributed by atoms with E-state index >= 15 is 0 Å². The van der Waals surface area contributed by atoms with Crippen LogP contribution in [0.2, 0.25) is 0 Å². The summed E-state index contributed by atoms with van der Waals surface area (Å²) < 4.78 is 39.8. The molecule has 1 fully saturated rings. The molecule has 118 valence electrons. The van der Waals surface area contributed by atoms with E-state index in [0.29, 0.717) is 0 Å². The Hall–Kier alpha value is -1.29. The highest BCUT2D eigenvalue weighted by Crippen LogP contribution is 2.31. The summed E-state index contributed by atoms with van der Waals surface area (Å²) in [5.41, 5.74) is 4.95. The fourth-order valence-electron chi connectivity index (χ4n) is 1.88. The van der Waals surface area contributed by atoms with Crippen molar-refractivity contribution in [2.24, 2.45) is 11.7 Å². The second-order valence-corrected chi connectivity index (χ2v) is 6.40. The maximum Gasteiger partial charge on any atom is 0.292 e. The molecule has 2 rings (SSSR count). The summed E-state index contributed by atoms with van der Waals surface area (Å²) in [4.78, 5) is 8.92. The fourth-order valence-corrected chi connectivity index (χ4v) is 3.18. The van der Waals surface area contributed by atoms with Crippen LogP contribution in [0.25, 0.3) is 0 Å². The van der Waals surface area contributed by atoms with Crippen molar-refractivity contribution in [3.63, 3.8) is 0 Å². The molecule has 7 nitrogen and oxygen atoms in total. The molecule has 0 aromatic heterocycles. The number of nitro groups is 1. The molecule has 0 bridgehead atoms. The molecule has 0 heterocycles. The number of rotatable bonds is 6. The molecule has 0 spiro atoms. The van der Waals surface area contributed by atoms with Gasteiger partial charge in [0.15, 0.2) is 4.90 Å². The Morgan fingerprint density at radius 1 is 1.48 bits per heavy atom. The van der Waals surface area contributed by atoms with Gasteiger partial charge in [-0.25, -0.2) is 17.5 Å². The maximum absolute atomic E-state index is 13.6. The predicted octanol–water partition coefficient (Wildman–Crippen LogP) is 1.17. The van der Waals surface area contributed by atoms with Gasteiger partial charge >= 0.3 is 0 Å². The lowest BCUT2D eigenvalue weighted by molar-refractivity contribution is -0.388. The van der Waals surface area contributed by atoms with Gasteiger partial charge in [-0.1, -0.05) is 6.07 Å². The highest BCUT2D eigenvalue weighted by Gasteiger charge is 2.33. The van der Waals surface area contributed by atoms with Crippen LogP contribution in [0.4, 0.5) is 10.1 Å². The third-order valence-corrected chi connectivity index (χ3v) is 4.64. The number of nitrogens with two attached hydrogens (primary N) is 1. The number of benzene rings is 1. The lowest BCUT2D eigenvalue weighted by Crippen LogP contribution is -2.38. The molecule has 1 aliphatic rings. The van der Waals surface area contributed by atoms with E-state index in [9.17, 15) is 22.9 Å². The average Bonchev–Trinajstić information content (AvgIpc) is 3.19. The SMILES string of the molecule is Cl.NC(CNS(=O)(=O)c1c(F)cccc1[N+](=O)[O-])C1CC1. The summed E-state index contributed by atoms with van der Waals surface area (Å²) in [6, 6.07) is 2.53. The summed E-state index contributed by atoms with van der Waals surface area (Å²) in [7, 11) is -4.31. The van der Waals surface area contributed by atoms with E-state index in [0.717, 1.165) is 31.0 Å². The van der Waals surface area contributed by atoms with Crippen molar-refractivity contribution in [1.29, 1.82) is 0 Å². The molecule has 0 amide bonds. The van der Waals surface area contributed by atoms with Crippen molar-refractivity contribution in [1.82, 2.24) is 4.72 Å². The minimum Gasteiger partial charge on any atom is -0.326 e. The highest BCUT2D eigenvalue weighted by atomic mass is 35.5. The molecule has 1 unspecified atom stereocenters. The van der Waals surface area contributed by atoms with Crippen LogP contribution >= 0.6 is 12.4 Å². The highest BCUT2D eigenvalue weighted by molar-refractivity contribution is 7.89. The summed E-state index contributed by atoms with van der Waals surface area (Å²) >= 11 is 0. The first kappa shape index (κ1) is 17.8. The normalized spacial score (nSPS) is 16.1. The van der Waals surface area contributed by atoms with Crippen molar-refractivity contribution in [2.45, 2.75) is 23.8 Å². The van der Waals surface area contributed by atoms with Gasteiger partial charge in [0, 0.05) is 18.7 Å². The number of halogens is 2. The molecule has 21 heavy (non-hydrogen) atoms. The Bertz CT molecular complexity index is 636. The molecule has 1 aliphatic carbocycles. The summed E-state index contributed by atoms with van der Waals surface area (Å²) in [5.74, 6) is -0.903. The Morgan fingerprint density at radius 2 is 2.10 bits per heavy atom. The second-order valence-electron chi connectivity index (χ2n) is 4.70. The zero-order valence-electron chi connectivity index (χ0n) is 10.9. The first-order valence-corrected chi connectivity index (χ1v) is 7.49. The summed E-state index contributed by atoms with van der Waals surface area (Å²) in [6.07, 6.45) is 1.87. The molecular weight excluding hydrogens is 325 g/mol. The van der Waals surface area contributed by atoms with Crippen molar-refractivity contribution >= 4 is 28.1 Å². The number of sulfonamides is 1. The third-order valence-electron chi connectivity index (χ3n) is 3.15. The largest absolute Gasteiger partial charge is 0.326 e. The minimum atomic E-state index is -4.31. The molecule has 1 aromatic carbocycles. The Morgan fingerprint density at radius 3 is 2.62 bits per heavy atom. The molecule has 0 radical (unpaired) electrons. The molecule has 0 saturated heterocycles. The monoisotopic (exact) mass is 339 g/mol. The standard InChI is InChI=1S/C11H14FN3O4S.ClH/c12-8-2-1-3-10(15(16)17)11(8)20(18,19)14-6-9(13)7-4-5-7;/h1-3,7,9,14H,4-6,13H2;1H. The van der Waals surface area contributed by atoms with Crippen LogP contribution in [-0.2, 0) is 10.0 Å². The molecule has 1 aromatic rings. The number of nitrogens with zero attached hydrogens (tertiary/aromatic N) is 1. The lowest BCUT2D eigenvalue weighted by Gasteiger charge is -2.12. The fraction of sp³-hybridized carbons (Fsp3) is 0.455. The van der Waals surface area contributed by atoms with Gasteiger partial charge in [0.05, 0.1) is 4.92 Å². The van der Waals surface area contributed by atoms with Crippen LogP contribution in [0.3, 0.4) is 0 Å². The van der Waals surface area contributed by atoms with Gasteiger partial charge in [0.2, 0.25) is 10.0 Å². The molecule has 0 aliphatic heterocycles. The Balaban J connectivity index is 0.00000220. The quantitative estimate of drug-likeness (QED) is 0.596. The van der Waals surface area contributed by atoms with Gasteiger partial charge in [-0.05, 0) is 24.8 Å². The number of nitrogens with one attached hydrogen (secondary N) is 1. The number of hydrogen-bond acceptors (Lipinski definition) is 5. The van der Waals surface area contributed by atoms with E-state index in [1.54, 1.807) is 0 Å². The molecule has 10 heteroatoms. The van der Waals surface area contributed by atoms with Crippen molar-refractivity contribution < 1.29 is 17.7 Å². The topological polar surface area (TPSA) is 115 Å².